The number of thiophene rings is 1. The van der Waals surface area contributed by atoms with Crippen molar-refractivity contribution >= 4 is 34.7 Å². The summed E-state index contributed by atoms with van der Waals surface area (Å²) in [4.78, 5) is 13.5. The van der Waals surface area contributed by atoms with Crippen LogP contribution in [0.5, 0.6) is 0 Å². The minimum Gasteiger partial charge on any atom is -0.355 e. The summed E-state index contributed by atoms with van der Waals surface area (Å²) in [5, 5.41) is 8.99. The van der Waals surface area contributed by atoms with Gasteiger partial charge in [-0.15, -0.1) is 23.1 Å². The number of fused-ring (bicyclic) bond motifs is 1. The first kappa shape index (κ1) is 17.4. The van der Waals surface area contributed by atoms with Crippen molar-refractivity contribution in [1.82, 2.24) is 5.16 Å². The maximum absolute atomic E-state index is 12.5. The van der Waals surface area contributed by atoms with Crippen LogP contribution in [0, 0.1) is 0 Å². The molecule has 0 radical (unpaired) electrons. The fourth-order valence-electron chi connectivity index (χ4n) is 3.09. The molecule has 6 heteroatoms. The fraction of sp³-hybridized carbons (Fsp3) is 0.300. The van der Waals surface area contributed by atoms with Crippen LogP contribution in [0.2, 0.25) is 0 Å². The highest BCUT2D eigenvalue weighted by atomic mass is 32.2. The summed E-state index contributed by atoms with van der Waals surface area (Å²) in [5.74, 6) is 1.45. The molecule has 1 amide bonds. The van der Waals surface area contributed by atoms with E-state index in [2.05, 4.69) is 22.6 Å². The van der Waals surface area contributed by atoms with Gasteiger partial charge in [0.1, 0.15) is 0 Å². The molecule has 1 aliphatic carbocycles. The first-order valence-electron chi connectivity index (χ1n) is 8.73. The van der Waals surface area contributed by atoms with Gasteiger partial charge in [-0.05, 0) is 60.9 Å². The third kappa shape index (κ3) is 3.86. The minimum absolute atomic E-state index is 0.0231. The largest absolute Gasteiger partial charge is 0.355 e. The van der Waals surface area contributed by atoms with Crippen LogP contribution in [0.15, 0.2) is 46.3 Å². The van der Waals surface area contributed by atoms with Crippen molar-refractivity contribution in [2.75, 3.05) is 5.32 Å². The van der Waals surface area contributed by atoms with Crippen molar-refractivity contribution in [2.45, 2.75) is 37.2 Å². The summed E-state index contributed by atoms with van der Waals surface area (Å²) in [6.45, 7) is 1.92. The van der Waals surface area contributed by atoms with Gasteiger partial charge in [-0.2, -0.15) is 0 Å². The zero-order chi connectivity index (χ0) is 17.9. The molecule has 0 spiro atoms. The summed E-state index contributed by atoms with van der Waals surface area (Å²) >= 11 is 3.19. The van der Waals surface area contributed by atoms with Crippen LogP contribution < -0.4 is 5.32 Å². The van der Waals surface area contributed by atoms with Gasteiger partial charge in [0, 0.05) is 17.5 Å². The molecular weight excluding hydrogens is 364 g/mol. The number of carbonyl (C=O) groups excluding carboxylic acids is 1. The van der Waals surface area contributed by atoms with Crippen LogP contribution in [0.1, 0.15) is 30.2 Å². The van der Waals surface area contributed by atoms with E-state index in [0.717, 1.165) is 34.9 Å². The number of aromatic nitrogens is 1. The van der Waals surface area contributed by atoms with Crippen molar-refractivity contribution in [2.24, 2.45) is 0 Å². The van der Waals surface area contributed by atoms with E-state index in [1.807, 2.05) is 36.6 Å². The number of amides is 1. The van der Waals surface area contributed by atoms with Crippen molar-refractivity contribution < 1.29 is 9.32 Å². The molecule has 0 bridgehead atoms. The predicted octanol–water partition coefficient (Wildman–Crippen LogP) is 5.15. The number of hydrogen-bond donors (Lipinski definition) is 1. The Morgan fingerprint density at radius 1 is 1.31 bits per heavy atom. The van der Waals surface area contributed by atoms with E-state index >= 15 is 0 Å². The van der Waals surface area contributed by atoms with Crippen LogP contribution >= 0.6 is 23.1 Å². The molecule has 1 aliphatic rings. The highest BCUT2D eigenvalue weighted by Gasteiger charge is 2.17. The maximum atomic E-state index is 12.5. The van der Waals surface area contributed by atoms with Gasteiger partial charge < -0.3 is 9.84 Å². The second-order valence-corrected chi connectivity index (χ2v) is 8.72. The van der Waals surface area contributed by atoms with Crippen LogP contribution in [-0.4, -0.2) is 16.3 Å². The molecule has 0 aliphatic heterocycles. The zero-order valence-electron chi connectivity index (χ0n) is 14.5. The van der Waals surface area contributed by atoms with Crippen molar-refractivity contribution in [1.29, 1.82) is 0 Å². The second kappa shape index (κ2) is 7.68. The number of nitrogens with one attached hydrogen (secondary N) is 1. The van der Waals surface area contributed by atoms with E-state index in [0.29, 0.717) is 5.75 Å². The number of anilines is 1. The highest BCUT2D eigenvalue weighted by Crippen LogP contribution is 2.28. The molecule has 4 nitrogen and oxygen atoms in total. The highest BCUT2D eigenvalue weighted by molar-refractivity contribution is 7.99. The molecule has 1 N–H and O–H groups in total. The summed E-state index contributed by atoms with van der Waals surface area (Å²) in [5.41, 5.74) is 4.53. The number of benzene rings is 1. The summed E-state index contributed by atoms with van der Waals surface area (Å²) < 4.78 is 5.39. The average molecular weight is 385 g/mol. The van der Waals surface area contributed by atoms with Crippen molar-refractivity contribution in [3.63, 3.8) is 0 Å². The third-order valence-corrected chi connectivity index (χ3v) is 6.60. The third-order valence-electron chi connectivity index (χ3n) is 4.54. The molecule has 2 heterocycles. The summed E-state index contributed by atoms with van der Waals surface area (Å²) in [7, 11) is 0. The van der Waals surface area contributed by atoms with E-state index < -0.39 is 0 Å². The molecule has 1 aromatic carbocycles. The van der Waals surface area contributed by atoms with Crippen molar-refractivity contribution in [3.05, 3.63) is 58.6 Å². The van der Waals surface area contributed by atoms with E-state index in [1.165, 1.54) is 17.5 Å². The topological polar surface area (TPSA) is 55.1 Å². The molecule has 2 aromatic heterocycles. The minimum atomic E-state index is -0.162. The van der Waals surface area contributed by atoms with E-state index in [9.17, 15) is 4.79 Å². The number of aryl methyl sites for hydroxylation is 2. The van der Waals surface area contributed by atoms with Gasteiger partial charge in [-0.1, -0.05) is 17.3 Å². The normalized spacial score (nSPS) is 14.2. The first-order chi connectivity index (χ1) is 12.7. The molecule has 0 saturated heterocycles. The van der Waals surface area contributed by atoms with Gasteiger partial charge in [-0.3, -0.25) is 4.79 Å². The maximum Gasteiger partial charge on any atom is 0.237 e. The van der Waals surface area contributed by atoms with Crippen LogP contribution in [-0.2, 0) is 23.4 Å². The Balaban J connectivity index is 1.31. The molecule has 3 aromatic rings. The van der Waals surface area contributed by atoms with Crippen molar-refractivity contribution in [3.8, 4) is 10.6 Å². The van der Waals surface area contributed by atoms with Gasteiger partial charge in [0.05, 0.1) is 15.8 Å². The lowest BCUT2D eigenvalue weighted by atomic mass is 10.1. The Morgan fingerprint density at radius 3 is 3.04 bits per heavy atom. The first-order valence-corrected chi connectivity index (χ1v) is 10.7. The standard InChI is InChI=1S/C20H20N2O2S2/c1-13(20(23)21-16-8-7-14-4-2-5-15(14)10-16)26-12-17-11-18(24-22-17)19-6-3-9-25-19/h3,6-11,13H,2,4-5,12H2,1H3,(H,21,23)/t13-/m1/s1. The van der Waals surface area contributed by atoms with Gasteiger partial charge in [-0.25, -0.2) is 0 Å². The van der Waals surface area contributed by atoms with Gasteiger partial charge in [0.15, 0.2) is 5.76 Å². The number of carbonyl (C=O) groups is 1. The molecule has 0 fully saturated rings. The van der Waals surface area contributed by atoms with E-state index in [-0.39, 0.29) is 11.2 Å². The van der Waals surface area contributed by atoms with Gasteiger partial charge >= 0.3 is 0 Å². The van der Waals surface area contributed by atoms with E-state index in [4.69, 9.17) is 4.52 Å². The number of nitrogens with zero attached hydrogens (tertiary/aromatic N) is 1. The number of hydrogen-bond acceptors (Lipinski definition) is 5. The monoisotopic (exact) mass is 384 g/mol. The quantitative estimate of drug-likeness (QED) is 0.638. The average Bonchev–Trinajstić information content (AvgIpc) is 3.39. The lowest BCUT2D eigenvalue weighted by molar-refractivity contribution is -0.115. The van der Waals surface area contributed by atoms with E-state index in [1.54, 1.807) is 23.1 Å². The molecule has 26 heavy (non-hydrogen) atoms. The van der Waals surface area contributed by atoms with Crippen LogP contribution in [0.25, 0.3) is 10.6 Å². The smallest absolute Gasteiger partial charge is 0.237 e. The Morgan fingerprint density at radius 2 is 2.19 bits per heavy atom. The lowest BCUT2D eigenvalue weighted by Crippen LogP contribution is -2.22. The molecule has 134 valence electrons. The Hall–Kier alpha value is -2.05. The number of thioether (sulfide) groups is 1. The Labute approximate surface area is 161 Å². The predicted molar refractivity (Wildman–Crippen MR) is 108 cm³/mol. The molecule has 0 unspecified atom stereocenters. The summed E-state index contributed by atoms with van der Waals surface area (Å²) in [6.07, 6.45) is 3.48. The lowest BCUT2D eigenvalue weighted by Gasteiger charge is -2.12. The van der Waals surface area contributed by atoms with Crippen LogP contribution in [0.3, 0.4) is 0 Å². The van der Waals surface area contributed by atoms with Gasteiger partial charge in [0.2, 0.25) is 5.91 Å². The Kier molecular flexibility index (Phi) is 5.13. The molecule has 1 atom stereocenters. The molecule has 4 rings (SSSR count). The summed E-state index contributed by atoms with van der Waals surface area (Å²) in [6, 6.07) is 12.2. The number of rotatable bonds is 6. The molecular formula is C20H20N2O2S2. The molecule has 0 saturated carbocycles. The van der Waals surface area contributed by atoms with Gasteiger partial charge in [0.25, 0.3) is 0 Å². The zero-order valence-corrected chi connectivity index (χ0v) is 16.2. The van der Waals surface area contributed by atoms with Crippen LogP contribution in [0.4, 0.5) is 5.69 Å². The SMILES string of the molecule is C[C@@H](SCc1cc(-c2cccs2)on1)C(=O)Nc1ccc2c(c1)CCC2. The fourth-order valence-corrected chi connectivity index (χ4v) is 4.53. The Bertz CT molecular complexity index is 902. The second-order valence-electron chi connectivity index (χ2n) is 6.44.